The van der Waals surface area contributed by atoms with Crippen LogP contribution in [0.25, 0.3) is 0 Å². The molecule has 0 aliphatic heterocycles. The molecule has 9 heteroatoms. The van der Waals surface area contributed by atoms with Gasteiger partial charge in [0.25, 0.3) is 0 Å². The molecule has 0 saturated heterocycles. The Morgan fingerprint density at radius 1 is 0.390 bits per heavy atom. The molecule has 0 aromatic heterocycles. The van der Waals surface area contributed by atoms with Crippen LogP contribution < -0.4 is 0 Å². The van der Waals surface area contributed by atoms with Crippen molar-refractivity contribution in [3.8, 4) is 0 Å². The van der Waals surface area contributed by atoms with Gasteiger partial charge in [-0.05, 0) is 12.8 Å². The van der Waals surface area contributed by atoms with Gasteiger partial charge in [0.1, 0.15) is 0 Å². The normalized spacial score (nSPS) is 10.9. The van der Waals surface area contributed by atoms with Crippen molar-refractivity contribution >= 4 is 19.8 Å². The van der Waals surface area contributed by atoms with Crippen LogP contribution in [0.2, 0.25) is 0 Å². The zero-order valence-electron chi connectivity index (χ0n) is 26.7. The predicted octanol–water partition coefficient (Wildman–Crippen LogP) is 10.2. The number of carbonyl (C=O) groups is 2. The number of phosphoric acid groups is 1. The maximum absolute atomic E-state index is 10.3. The molecule has 5 N–H and O–H groups in total. The summed E-state index contributed by atoms with van der Waals surface area (Å²) in [6.45, 7) is 4.52. The van der Waals surface area contributed by atoms with Crippen LogP contribution in [-0.4, -0.2) is 36.8 Å². The minimum absolute atomic E-state index is 0.345. The fraction of sp³-hybridized carbons (Fsp3) is 0.938. The van der Waals surface area contributed by atoms with Gasteiger partial charge < -0.3 is 24.9 Å². The second-order valence-electron chi connectivity index (χ2n) is 11.3. The lowest BCUT2D eigenvalue weighted by Gasteiger charge is -2.02. The van der Waals surface area contributed by atoms with Crippen molar-refractivity contribution in [2.24, 2.45) is 0 Å². The Morgan fingerprint density at radius 2 is 0.537 bits per heavy atom. The van der Waals surface area contributed by atoms with E-state index in [0.717, 1.165) is 25.7 Å². The molecule has 0 unspecified atom stereocenters. The van der Waals surface area contributed by atoms with Crippen molar-refractivity contribution in [3.05, 3.63) is 0 Å². The van der Waals surface area contributed by atoms with E-state index in [4.69, 9.17) is 29.5 Å². The molecular weight excluding hydrogens is 543 g/mol. The Morgan fingerprint density at radius 3 is 0.683 bits per heavy atom. The van der Waals surface area contributed by atoms with Gasteiger partial charge in [-0.15, -0.1) is 0 Å². The van der Waals surface area contributed by atoms with Gasteiger partial charge in [0, 0.05) is 12.8 Å². The summed E-state index contributed by atoms with van der Waals surface area (Å²) in [7, 11) is -4.64. The molecule has 0 aliphatic carbocycles. The van der Waals surface area contributed by atoms with Crippen molar-refractivity contribution in [1.29, 1.82) is 0 Å². The van der Waals surface area contributed by atoms with Crippen LogP contribution in [0.3, 0.4) is 0 Å². The topological polar surface area (TPSA) is 152 Å². The van der Waals surface area contributed by atoms with Crippen molar-refractivity contribution in [2.75, 3.05) is 0 Å². The van der Waals surface area contributed by atoms with Crippen molar-refractivity contribution in [2.45, 2.75) is 194 Å². The molecule has 0 atom stereocenters. The summed E-state index contributed by atoms with van der Waals surface area (Å²) in [4.78, 5) is 42.2. The van der Waals surface area contributed by atoms with Gasteiger partial charge in [0.05, 0.1) is 0 Å². The lowest BCUT2D eigenvalue weighted by molar-refractivity contribution is -0.138. The average molecular weight is 611 g/mol. The summed E-state index contributed by atoms with van der Waals surface area (Å²) in [6.07, 6.45) is 34.5. The Kier molecular flexibility index (Phi) is 40.2. The van der Waals surface area contributed by atoms with Gasteiger partial charge in [-0.3, -0.25) is 9.59 Å². The van der Waals surface area contributed by atoms with Gasteiger partial charge >= 0.3 is 19.8 Å². The van der Waals surface area contributed by atoms with Crippen LogP contribution in [0.5, 0.6) is 0 Å². The molecule has 0 fully saturated rings. The maximum Gasteiger partial charge on any atom is 0.466 e. The molecule has 0 rings (SSSR count). The third-order valence-corrected chi connectivity index (χ3v) is 6.99. The fourth-order valence-corrected chi connectivity index (χ4v) is 4.59. The minimum Gasteiger partial charge on any atom is -0.481 e. The SMILES string of the molecule is CCCCCCCCCCCCCCCC(=O)O.CCCCCCCCCCCCCCCC(=O)O.O=P(O)(O)O. The number of hydrogen-bond acceptors (Lipinski definition) is 3. The first-order valence-electron chi connectivity index (χ1n) is 16.8. The van der Waals surface area contributed by atoms with Gasteiger partial charge in [-0.2, -0.15) is 0 Å². The molecular formula is C32H67O8P. The molecule has 248 valence electrons. The zero-order chi connectivity index (χ0) is 31.5. The lowest BCUT2D eigenvalue weighted by Crippen LogP contribution is -1.93. The number of rotatable bonds is 28. The fourth-order valence-electron chi connectivity index (χ4n) is 4.59. The Labute approximate surface area is 252 Å². The van der Waals surface area contributed by atoms with E-state index >= 15 is 0 Å². The van der Waals surface area contributed by atoms with Crippen LogP contribution in [0, 0.1) is 0 Å². The second-order valence-corrected chi connectivity index (χ2v) is 12.3. The average Bonchev–Trinajstić information content (AvgIpc) is 2.88. The number of aliphatic carboxylic acids is 2. The van der Waals surface area contributed by atoms with Crippen molar-refractivity contribution < 1.29 is 39.0 Å². The lowest BCUT2D eigenvalue weighted by atomic mass is 10.0. The summed E-state index contributed by atoms with van der Waals surface area (Å²) < 4.78 is 8.88. The summed E-state index contributed by atoms with van der Waals surface area (Å²) in [5.41, 5.74) is 0. The summed E-state index contributed by atoms with van der Waals surface area (Å²) in [5.74, 6) is -1.31. The Balaban J connectivity index is -0.000000604. The molecule has 0 spiro atoms. The summed E-state index contributed by atoms with van der Waals surface area (Å²) in [5, 5.41) is 17.0. The Hall–Kier alpha value is -0.950. The van der Waals surface area contributed by atoms with E-state index < -0.39 is 19.8 Å². The minimum atomic E-state index is -4.64. The third kappa shape index (κ3) is 63.5. The molecule has 0 saturated carbocycles. The second kappa shape index (κ2) is 37.1. The number of unbranched alkanes of at least 4 members (excludes halogenated alkanes) is 24. The quantitative estimate of drug-likeness (QED) is 0.0433. The third-order valence-electron chi connectivity index (χ3n) is 6.99. The molecule has 0 amide bonds. The molecule has 41 heavy (non-hydrogen) atoms. The van der Waals surface area contributed by atoms with Crippen LogP contribution >= 0.6 is 7.82 Å². The smallest absolute Gasteiger partial charge is 0.466 e. The van der Waals surface area contributed by atoms with E-state index in [1.54, 1.807) is 0 Å². The Bertz CT molecular complexity index is 532. The largest absolute Gasteiger partial charge is 0.481 e. The molecule has 0 aromatic rings. The molecule has 0 aromatic carbocycles. The molecule has 0 aliphatic rings. The van der Waals surface area contributed by atoms with Crippen molar-refractivity contribution in [3.63, 3.8) is 0 Å². The van der Waals surface area contributed by atoms with Gasteiger partial charge in [-0.1, -0.05) is 168 Å². The van der Waals surface area contributed by atoms with Gasteiger partial charge in [-0.25, -0.2) is 4.57 Å². The van der Waals surface area contributed by atoms with E-state index in [9.17, 15) is 9.59 Å². The highest BCUT2D eigenvalue weighted by atomic mass is 31.2. The van der Waals surface area contributed by atoms with Crippen LogP contribution in [0.15, 0.2) is 0 Å². The van der Waals surface area contributed by atoms with Crippen LogP contribution in [-0.2, 0) is 14.2 Å². The van der Waals surface area contributed by atoms with E-state index in [1.807, 2.05) is 0 Å². The maximum atomic E-state index is 10.3. The highest BCUT2D eigenvalue weighted by Gasteiger charge is 2.00. The number of carboxylic acid groups (broad SMARTS) is 2. The predicted molar refractivity (Wildman–Crippen MR) is 170 cm³/mol. The number of carboxylic acids is 2. The first-order chi connectivity index (χ1) is 19.5. The molecule has 0 radical (unpaired) electrons. The molecule has 8 nitrogen and oxygen atoms in total. The van der Waals surface area contributed by atoms with Crippen molar-refractivity contribution in [1.82, 2.24) is 0 Å². The summed E-state index contributed by atoms with van der Waals surface area (Å²) in [6, 6.07) is 0. The zero-order valence-corrected chi connectivity index (χ0v) is 27.6. The van der Waals surface area contributed by atoms with E-state index in [1.165, 1.54) is 141 Å². The van der Waals surface area contributed by atoms with Crippen LogP contribution in [0.1, 0.15) is 194 Å². The van der Waals surface area contributed by atoms with Gasteiger partial charge in [0.2, 0.25) is 0 Å². The van der Waals surface area contributed by atoms with E-state index in [0.29, 0.717) is 12.8 Å². The molecule has 0 heterocycles. The van der Waals surface area contributed by atoms with E-state index in [-0.39, 0.29) is 0 Å². The number of hydrogen-bond donors (Lipinski definition) is 5. The standard InChI is InChI=1S/2C16H32O2.H3O4P/c2*1-2-3-4-5-6-7-8-9-10-11-12-13-14-15-16(17)18;1-5(2,3)4/h2*2-15H2,1H3,(H,17,18);(H3,1,2,3,4). The van der Waals surface area contributed by atoms with Crippen LogP contribution in [0.4, 0.5) is 0 Å². The van der Waals surface area contributed by atoms with E-state index in [2.05, 4.69) is 13.8 Å². The molecule has 0 bridgehead atoms. The summed E-state index contributed by atoms with van der Waals surface area (Å²) >= 11 is 0. The highest BCUT2D eigenvalue weighted by Crippen LogP contribution is 2.25. The van der Waals surface area contributed by atoms with Gasteiger partial charge in [0.15, 0.2) is 0 Å². The monoisotopic (exact) mass is 610 g/mol. The first kappa shape index (κ1) is 44.5. The highest BCUT2D eigenvalue weighted by molar-refractivity contribution is 7.45. The first-order valence-corrected chi connectivity index (χ1v) is 18.3.